The fourth-order valence-corrected chi connectivity index (χ4v) is 4.34. The van der Waals surface area contributed by atoms with Gasteiger partial charge < -0.3 is 25.8 Å². The summed E-state index contributed by atoms with van der Waals surface area (Å²) < 4.78 is 9.65. The lowest BCUT2D eigenvalue weighted by molar-refractivity contribution is -0.146. The number of primary amides is 1. The van der Waals surface area contributed by atoms with E-state index < -0.39 is 17.8 Å². The van der Waals surface area contributed by atoms with Crippen LogP contribution in [0.1, 0.15) is 46.5 Å². The number of amides is 2. The third-order valence-corrected chi connectivity index (χ3v) is 5.42. The normalized spacial score (nSPS) is 12.8. The molecule has 0 saturated heterocycles. The molecule has 2 rings (SSSR count). The van der Waals surface area contributed by atoms with E-state index in [9.17, 15) is 14.4 Å². The van der Waals surface area contributed by atoms with Crippen molar-refractivity contribution in [1.82, 2.24) is 5.32 Å². The predicted molar refractivity (Wildman–Crippen MR) is 106 cm³/mol. The van der Waals surface area contributed by atoms with Crippen LogP contribution in [0.2, 0.25) is 0 Å². The molecule has 0 aromatic carbocycles. The van der Waals surface area contributed by atoms with Crippen LogP contribution in [-0.2, 0) is 31.9 Å². The van der Waals surface area contributed by atoms with E-state index in [4.69, 9.17) is 27.4 Å². The van der Waals surface area contributed by atoms with Crippen molar-refractivity contribution in [2.75, 3.05) is 25.6 Å². The molecular formula is C17H23N3O5S2. The van der Waals surface area contributed by atoms with Crippen LogP contribution in [0.4, 0.5) is 5.00 Å². The lowest BCUT2D eigenvalue weighted by atomic mass is 9.95. The summed E-state index contributed by atoms with van der Waals surface area (Å²) in [7, 11) is 1.50. The summed E-state index contributed by atoms with van der Waals surface area (Å²) in [5.74, 6) is -1.41. The zero-order valence-corrected chi connectivity index (χ0v) is 16.7. The number of hydrogen-bond acceptors (Lipinski definition) is 7. The second-order valence-corrected chi connectivity index (χ2v) is 7.51. The average molecular weight is 414 g/mol. The highest BCUT2D eigenvalue weighted by Crippen LogP contribution is 2.37. The van der Waals surface area contributed by atoms with Gasteiger partial charge in [0.15, 0.2) is 5.11 Å². The summed E-state index contributed by atoms with van der Waals surface area (Å²) >= 11 is 6.58. The van der Waals surface area contributed by atoms with Crippen LogP contribution in [-0.4, -0.2) is 43.2 Å². The van der Waals surface area contributed by atoms with Gasteiger partial charge in [0, 0.05) is 18.4 Å². The number of methoxy groups -OCH3 is 1. The molecule has 0 fully saturated rings. The Bertz CT molecular complexity index is 732. The summed E-state index contributed by atoms with van der Waals surface area (Å²) in [6, 6.07) is 0. The van der Waals surface area contributed by atoms with E-state index in [1.165, 1.54) is 18.4 Å². The highest BCUT2D eigenvalue weighted by molar-refractivity contribution is 7.80. The topological polar surface area (TPSA) is 120 Å². The van der Waals surface area contributed by atoms with Crippen LogP contribution >= 0.6 is 23.6 Å². The number of hydrogen-bond donors (Lipinski definition) is 3. The molecular weight excluding hydrogens is 390 g/mol. The lowest BCUT2D eigenvalue weighted by Crippen LogP contribution is -2.34. The first-order valence-corrected chi connectivity index (χ1v) is 9.84. The van der Waals surface area contributed by atoms with Gasteiger partial charge in [-0.25, -0.2) is 0 Å². The number of ether oxygens (including phenoxy) is 2. The minimum atomic E-state index is -0.509. The number of fused-ring (bicyclic) bond motifs is 1. The maximum atomic E-state index is 11.9. The number of carbonyl (C=O) groups excluding carboxylic acids is 3. The number of carbonyl (C=O) groups is 3. The number of thiophene rings is 1. The molecule has 10 heteroatoms. The highest BCUT2D eigenvalue weighted by atomic mass is 32.1. The molecule has 0 spiro atoms. The van der Waals surface area contributed by atoms with E-state index >= 15 is 0 Å². The molecule has 0 unspecified atom stereocenters. The number of esters is 1. The van der Waals surface area contributed by atoms with Gasteiger partial charge in [-0.15, -0.1) is 11.3 Å². The summed E-state index contributed by atoms with van der Waals surface area (Å²) in [5.41, 5.74) is 6.96. The summed E-state index contributed by atoms with van der Waals surface area (Å²) in [6.07, 6.45) is 3.70. The van der Waals surface area contributed by atoms with Crippen molar-refractivity contribution in [2.24, 2.45) is 5.73 Å². The summed E-state index contributed by atoms with van der Waals surface area (Å²) in [5, 5.41) is 6.01. The van der Waals surface area contributed by atoms with Crippen LogP contribution in [0.15, 0.2) is 0 Å². The van der Waals surface area contributed by atoms with Crippen molar-refractivity contribution in [1.29, 1.82) is 0 Å². The second kappa shape index (κ2) is 10.3. The number of nitrogens with one attached hydrogen (secondary N) is 2. The number of aryl methyl sites for hydroxylation is 1. The van der Waals surface area contributed by atoms with Gasteiger partial charge in [-0.3, -0.25) is 14.4 Å². The van der Waals surface area contributed by atoms with Gasteiger partial charge >= 0.3 is 5.97 Å². The monoisotopic (exact) mass is 413 g/mol. The Morgan fingerprint density at radius 3 is 2.63 bits per heavy atom. The molecule has 148 valence electrons. The maximum Gasteiger partial charge on any atom is 0.306 e. The SMILES string of the molecule is COCCOC(=O)CCC(=O)NC(=S)Nc1sc2c(c1C(N)=O)CCCC2. The van der Waals surface area contributed by atoms with E-state index in [1.807, 2.05) is 0 Å². The molecule has 1 heterocycles. The minimum absolute atomic E-state index is 0.0575. The molecule has 0 bridgehead atoms. The van der Waals surface area contributed by atoms with Crippen molar-refractivity contribution in [3.05, 3.63) is 16.0 Å². The lowest BCUT2D eigenvalue weighted by Gasteiger charge is -2.11. The molecule has 4 N–H and O–H groups in total. The molecule has 27 heavy (non-hydrogen) atoms. The van der Waals surface area contributed by atoms with Gasteiger partial charge in [-0.1, -0.05) is 0 Å². The van der Waals surface area contributed by atoms with Gasteiger partial charge in [0.1, 0.15) is 11.6 Å². The van der Waals surface area contributed by atoms with E-state index in [0.29, 0.717) is 17.2 Å². The molecule has 8 nitrogen and oxygen atoms in total. The van der Waals surface area contributed by atoms with Crippen LogP contribution < -0.4 is 16.4 Å². The van der Waals surface area contributed by atoms with Crippen LogP contribution in [0.3, 0.4) is 0 Å². The Morgan fingerprint density at radius 2 is 1.93 bits per heavy atom. The molecule has 0 atom stereocenters. The van der Waals surface area contributed by atoms with E-state index in [1.54, 1.807) is 0 Å². The molecule has 0 aliphatic heterocycles. The van der Waals surface area contributed by atoms with Gasteiger partial charge in [0.2, 0.25) is 5.91 Å². The van der Waals surface area contributed by atoms with E-state index in [2.05, 4.69) is 10.6 Å². The van der Waals surface area contributed by atoms with Crippen molar-refractivity contribution in [3.8, 4) is 0 Å². The van der Waals surface area contributed by atoms with Gasteiger partial charge in [-0.2, -0.15) is 0 Å². The maximum absolute atomic E-state index is 11.9. The second-order valence-electron chi connectivity index (χ2n) is 5.99. The van der Waals surface area contributed by atoms with Crippen molar-refractivity contribution in [2.45, 2.75) is 38.5 Å². The van der Waals surface area contributed by atoms with Gasteiger partial charge in [0.25, 0.3) is 5.91 Å². The molecule has 2 amide bonds. The third kappa shape index (κ3) is 6.26. The van der Waals surface area contributed by atoms with E-state index in [-0.39, 0.29) is 24.6 Å². The Hall–Kier alpha value is -2.04. The Morgan fingerprint density at radius 1 is 1.19 bits per heavy atom. The quantitative estimate of drug-likeness (QED) is 0.336. The largest absolute Gasteiger partial charge is 0.463 e. The Labute approximate surface area is 166 Å². The third-order valence-electron chi connectivity index (χ3n) is 4.00. The van der Waals surface area contributed by atoms with Crippen LogP contribution in [0, 0.1) is 0 Å². The molecule has 1 aliphatic rings. The van der Waals surface area contributed by atoms with E-state index in [0.717, 1.165) is 36.1 Å². The smallest absolute Gasteiger partial charge is 0.306 e. The van der Waals surface area contributed by atoms with Crippen molar-refractivity contribution in [3.63, 3.8) is 0 Å². The van der Waals surface area contributed by atoms with Crippen molar-refractivity contribution < 1.29 is 23.9 Å². The van der Waals surface area contributed by atoms with Crippen molar-refractivity contribution >= 4 is 51.5 Å². The number of rotatable bonds is 8. The van der Waals surface area contributed by atoms with Gasteiger partial charge in [-0.05, 0) is 43.5 Å². The zero-order chi connectivity index (χ0) is 19.8. The number of nitrogens with two attached hydrogens (primary N) is 1. The Balaban J connectivity index is 1.87. The van der Waals surface area contributed by atoms with Crippen LogP contribution in [0.25, 0.3) is 0 Å². The first-order valence-electron chi connectivity index (χ1n) is 8.62. The fourth-order valence-electron chi connectivity index (χ4n) is 2.76. The molecule has 1 aliphatic carbocycles. The molecule has 1 aromatic heterocycles. The zero-order valence-electron chi connectivity index (χ0n) is 15.1. The summed E-state index contributed by atoms with van der Waals surface area (Å²) in [6.45, 7) is 0.453. The highest BCUT2D eigenvalue weighted by Gasteiger charge is 2.24. The number of thiocarbonyl (C=S) groups is 1. The average Bonchev–Trinajstić information content (AvgIpc) is 2.97. The number of anilines is 1. The van der Waals surface area contributed by atoms with Crippen LogP contribution in [0.5, 0.6) is 0 Å². The standard InChI is InChI=1S/C17H23N3O5S2/c1-24-8-9-25-13(22)7-6-12(21)19-17(26)20-16-14(15(18)23)10-4-2-3-5-11(10)27-16/h2-9H2,1H3,(H2,18,23)(H2,19,20,21,26). The minimum Gasteiger partial charge on any atom is -0.463 e. The van der Waals surface area contributed by atoms with Gasteiger partial charge in [0.05, 0.1) is 18.6 Å². The Kier molecular flexibility index (Phi) is 8.14. The molecule has 0 radical (unpaired) electrons. The first kappa shape index (κ1) is 21.3. The summed E-state index contributed by atoms with van der Waals surface area (Å²) in [4.78, 5) is 36.4. The fraction of sp³-hybridized carbons (Fsp3) is 0.529. The molecule has 1 aromatic rings. The first-order chi connectivity index (χ1) is 12.9. The predicted octanol–water partition coefficient (Wildman–Crippen LogP) is 1.51. The molecule has 0 saturated carbocycles.